The molecule has 0 aromatic carbocycles. The van der Waals surface area contributed by atoms with Crippen molar-refractivity contribution in [2.75, 3.05) is 19.7 Å². The lowest BCUT2D eigenvalue weighted by atomic mass is 10.2. The first kappa shape index (κ1) is 18.5. The molecule has 2 aliphatic heterocycles. The molecule has 0 bridgehead atoms. The summed E-state index contributed by atoms with van der Waals surface area (Å²) in [6.45, 7) is 3.79. The summed E-state index contributed by atoms with van der Waals surface area (Å²) in [5.74, 6) is -0.463. The maximum Gasteiger partial charge on any atom is 0.357 e. The van der Waals surface area contributed by atoms with Crippen LogP contribution in [0.4, 0.5) is 0 Å². The lowest BCUT2D eigenvalue weighted by molar-refractivity contribution is 0.0520. The number of esters is 1. The molecule has 2 saturated heterocycles. The summed E-state index contributed by atoms with van der Waals surface area (Å²) in [7, 11) is 0. The lowest BCUT2D eigenvalue weighted by Crippen LogP contribution is -2.31. The number of hydrogen-bond acceptors (Lipinski definition) is 8. The van der Waals surface area contributed by atoms with Crippen molar-refractivity contribution < 1.29 is 14.3 Å². The topological polar surface area (TPSA) is 84.4 Å². The largest absolute Gasteiger partial charge is 0.461 e. The highest BCUT2D eigenvalue weighted by molar-refractivity contribution is 7.10. The average Bonchev–Trinajstić information content (AvgIpc) is 3.48. The Bertz CT molecular complexity index is 828. The van der Waals surface area contributed by atoms with Gasteiger partial charge in [0.2, 0.25) is 0 Å². The van der Waals surface area contributed by atoms with E-state index in [4.69, 9.17) is 4.74 Å². The Hall–Kier alpha value is -1.84. The Kier molecular flexibility index (Phi) is 5.51. The predicted molar refractivity (Wildman–Crippen MR) is 103 cm³/mol. The molecule has 27 heavy (non-hydrogen) atoms. The van der Waals surface area contributed by atoms with E-state index in [-0.39, 0.29) is 18.0 Å². The minimum atomic E-state index is -0.413. The quantitative estimate of drug-likeness (QED) is 0.768. The Labute approximate surface area is 165 Å². The predicted octanol–water partition coefficient (Wildman–Crippen LogP) is 3.18. The fourth-order valence-electron chi connectivity index (χ4n) is 3.59. The van der Waals surface area contributed by atoms with Gasteiger partial charge < -0.3 is 15.0 Å². The zero-order valence-electron chi connectivity index (χ0n) is 15.1. The number of aromatic nitrogens is 2. The molecule has 144 valence electrons. The number of nitrogens with zero attached hydrogens (tertiary/aromatic N) is 3. The van der Waals surface area contributed by atoms with Gasteiger partial charge in [0.05, 0.1) is 18.7 Å². The number of ether oxygens (including phenoxy) is 1. The van der Waals surface area contributed by atoms with Crippen LogP contribution in [-0.4, -0.2) is 46.4 Å². The third kappa shape index (κ3) is 3.76. The first-order valence-corrected chi connectivity index (χ1v) is 11.1. The molecule has 0 saturated carbocycles. The van der Waals surface area contributed by atoms with Crippen molar-refractivity contribution in [3.05, 3.63) is 32.2 Å². The van der Waals surface area contributed by atoms with Crippen LogP contribution in [-0.2, 0) is 4.74 Å². The van der Waals surface area contributed by atoms with E-state index in [0.717, 1.165) is 42.2 Å². The van der Waals surface area contributed by atoms with Gasteiger partial charge in [0, 0.05) is 17.3 Å². The molecule has 2 aromatic heterocycles. The molecule has 0 aliphatic carbocycles. The fourth-order valence-corrected chi connectivity index (χ4v) is 5.43. The maximum atomic E-state index is 13.0. The SMILES string of the molecule is CCOC(=O)c1csc([C@@H]2CCCN2C(=O)c2csc([C@@H]3CCCN3)n2)n1. The highest BCUT2D eigenvalue weighted by Gasteiger charge is 2.34. The van der Waals surface area contributed by atoms with Gasteiger partial charge in [-0.3, -0.25) is 4.79 Å². The van der Waals surface area contributed by atoms with Crippen LogP contribution >= 0.6 is 22.7 Å². The van der Waals surface area contributed by atoms with Crippen LogP contribution in [0, 0.1) is 0 Å². The van der Waals surface area contributed by atoms with Crippen LogP contribution in [0.2, 0.25) is 0 Å². The van der Waals surface area contributed by atoms with Crippen LogP contribution in [0.5, 0.6) is 0 Å². The Morgan fingerprint density at radius 3 is 2.74 bits per heavy atom. The molecule has 9 heteroatoms. The molecule has 0 spiro atoms. The highest BCUT2D eigenvalue weighted by atomic mass is 32.1. The second kappa shape index (κ2) is 8.04. The van der Waals surface area contributed by atoms with E-state index in [2.05, 4.69) is 15.3 Å². The fraction of sp³-hybridized carbons (Fsp3) is 0.556. The molecule has 1 N–H and O–H groups in total. The van der Waals surface area contributed by atoms with Crippen molar-refractivity contribution in [2.45, 2.75) is 44.7 Å². The highest BCUT2D eigenvalue weighted by Crippen LogP contribution is 2.35. The van der Waals surface area contributed by atoms with Crippen molar-refractivity contribution in [2.24, 2.45) is 0 Å². The minimum absolute atomic E-state index is 0.0501. The molecular formula is C18H22N4O3S2. The van der Waals surface area contributed by atoms with Crippen molar-refractivity contribution in [1.82, 2.24) is 20.2 Å². The molecular weight excluding hydrogens is 384 g/mol. The van der Waals surface area contributed by atoms with Crippen molar-refractivity contribution >= 4 is 34.6 Å². The molecule has 2 fully saturated rings. The van der Waals surface area contributed by atoms with E-state index in [1.54, 1.807) is 23.6 Å². The molecule has 2 aromatic rings. The summed E-state index contributed by atoms with van der Waals surface area (Å²) in [4.78, 5) is 35.8. The van der Waals surface area contributed by atoms with E-state index < -0.39 is 5.97 Å². The lowest BCUT2D eigenvalue weighted by Gasteiger charge is -2.22. The normalized spacial score (nSPS) is 22.3. The zero-order chi connectivity index (χ0) is 18.8. The van der Waals surface area contributed by atoms with Crippen LogP contribution < -0.4 is 5.32 Å². The Morgan fingerprint density at radius 1 is 1.19 bits per heavy atom. The summed E-state index contributed by atoms with van der Waals surface area (Å²) in [6, 6.07) is 0.178. The summed E-state index contributed by atoms with van der Waals surface area (Å²) >= 11 is 2.96. The number of hydrogen-bond donors (Lipinski definition) is 1. The third-order valence-electron chi connectivity index (χ3n) is 4.90. The number of likely N-dealkylation sites (tertiary alicyclic amines) is 1. The smallest absolute Gasteiger partial charge is 0.357 e. The molecule has 4 heterocycles. The minimum Gasteiger partial charge on any atom is -0.461 e. The zero-order valence-corrected chi connectivity index (χ0v) is 16.8. The molecule has 1 amide bonds. The van der Waals surface area contributed by atoms with Crippen molar-refractivity contribution in [3.8, 4) is 0 Å². The summed E-state index contributed by atoms with van der Waals surface area (Å²) in [5.41, 5.74) is 0.831. The van der Waals surface area contributed by atoms with Crippen LogP contribution in [0.25, 0.3) is 0 Å². The number of amides is 1. The molecule has 7 nitrogen and oxygen atoms in total. The molecule has 0 radical (unpaired) electrons. The number of carbonyl (C=O) groups is 2. The molecule has 2 atom stereocenters. The van der Waals surface area contributed by atoms with Gasteiger partial charge in [-0.15, -0.1) is 22.7 Å². The van der Waals surface area contributed by atoms with E-state index in [0.29, 0.717) is 24.5 Å². The van der Waals surface area contributed by atoms with Gasteiger partial charge in [0.1, 0.15) is 15.7 Å². The second-order valence-electron chi connectivity index (χ2n) is 6.67. The monoisotopic (exact) mass is 406 g/mol. The standard InChI is InChI=1S/C18H22N4O3S2/c1-2-25-18(24)13-10-27-16(21-13)14-6-4-8-22(14)17(23)12-9-26-15(20-12)11-5-3-7-19-11/h9-11,14,19H,2-8H2,1H3/t11-,14-/m0/s1. The number of rotatable bonds is 5. The second-order valence-corrected chi connectivity index (χ2v) is 8.45. The van der Waals surface area contributed by atoms with Gasteiger partial charge in [0.15, 0.2) is 5.69 Å². The first-order chi connectivity index (χ1) is 13.2. The van der Waals surface area contributed by atoms with Gasteiger partial charge in [0.25, 0.3) is 5.91 Å². The van der Waals surface area contributed by atoms with Gasteiger partial charge in [-0.05, 0) is 39.2 Å². The summed E-state index contributed by atoms with van der Waals surface area (Å²) < 4.78 is 5.01. The summed E-state index contributed by atoms with van der Waals surface area (Å²) in [6.07, 6.45) is 3.99. The van der Waals surface area contributed by atoms with Crippen molar-refractivity contribution in [3.63, 3.8) is 0 Å². The third-order valence-corrected chi connectivity index (χ3v) is 6.81. The molecule has 0 unspecified atom stereocenters. The van der Waals surface area contributed by atoms with Gasteiger partial charge in [-0.25, -0.2) is 14.8 Å². The molecule has 2 aliphatic rings. The Morgan fingerprint density at radius 2 is 1.96 bits per heavy atom. The van der Waals surface area contributed by atoms with Crippen molar-refractivity contribution in [1.29, 1.82) is 0 Å². The van der Waals surface area contributed by atoms with E-state index in [9.17, 15) is 9.59 Å². The average molecular weight is 407 g/mol. The van der Waals surface area contributed by atoms with Gasteiger partial charge in [-0.1, -0.05) is 0 Å². The van der Waals surface area contributed by atoms with Gasteiger partial charge >= 0.3 is 5.97 Å². The first-order valence-electron chi connectivity index (χ1n) is 9.29. The maximum absolute atomic E-state index is 13.0. The number of thiazole rings is 2. The van der Waals surface area contributed by atoms with E-state index in [1.807, 2.05) is 10.3 Å². The van der Waals surface area contributed by atoms with Crippen LogP contribution in [0.1, 0.15) is 75.7 Å². The molecule has 4 rings (SSSR count). The van der Waals surface area contributed by atoms with Gasteiger partial charge in [-0.2, -0.15) is 0 Å². The van der Waals surface area contributed by atoms with E-state index in [1.165, 1.54) is 11.3 Å². The van der Waals surface area contributed by atoms with E-state index >= 15 is 0 Å². The number of nitrogens with one attached hydrogen (secondary N) is 1. The Balaban J connectivity index is 1.49. The number of carbonyl (C=O) groups excluding carboxylic acids is 2. The van der Waals surface area contributed by atoms with Crippen LogP contribution in [0.15, 0.2) is 10.8 Å². The summed E-state index contributed by atoms with van der Waals surface area (Å²) in [5, 5.41) is 8.77. The van der Waals surface area contributed by atoms with Crippen LogP contribution in [0.3, 0.4) is 0 Å².